The molecule has 1 aromatic carbocycles. The van der Waals surface area contributed by atoms with Gasteiger partial charge in [-0.3, -0.25) is 4.79 Å². The van der Waals surface area contributed by atoms with Crippen LogP contribution in [0.2, 0.25) is 0 Å². The first-order valence-corrected chi connectivity index (χ1v) is 8.85. The summed E-state index contributed by atoms with van der Waals surface area (Å²) in [5, 5.41) is 0. The number of benzene rings is 1. The lowest BCUT2D eigenvalue weighted by Gasteiger charge is -2.59. The van der Waals surface area contributed by atoms with Crippen molar-refractivity contribution >= 4 is 5.91 Å². The molecule has 2 saturated heterocycles. The molecule has 2 aromatic rings. The van der Waals surface area contributed by atoms with Crippen LogP contribution in [-0.2, 0) is 4.74 Å². The van der Waals surface area contributed by atoms with Crippen LogP contribution in [0.5, 0.6) is 0 Å². The van der Waals surface area contributed by atoms with E-state index < -0.39 is 0 Å². The smallest absolute Gasteiger partial charge is 0.257 e. The Morgan fingerprint density at radius 1 is 1.20 bits per heavy atom. The predicted octanol–water partition coefficient (Wildman–Crippen LogP) is 3.09. The van der Waals surface area contributed by atoms with Gasteiger partial charge in [0.25, 0.3) is 5.91 Å². The van der Waals surface area contributed by atoms with E-state index in [-0.39, 0.29) is 17.4 Å². The average Bonchev–Trinajstić information content (AvgIpc) is 2.61. The van der Waals surface area contributed by atoms with E-state index in [1.165, 1.54) is 5.56 Å². The maximum atomic E-state index is 13.2. The normalized spacial score (nSPS) is 21.8. The molecule has 5 nitrogen and oxygen atoms in total. The Kier molecular flexibility index (Phi) is 4.04. The standard InChI is InChI=1S/C20H23N3O2/c1-14-17(12-21-15(2)22-14)19(24)23-13-20(8-10-25-11-9-20)18(23)16-6-4-3-5-7-16/h3-7,12,18H,8-11,13H2,1-2H3/t18-/m1/s1. The van der Waals surface area contributed by atoms with Crippen LogP contribution >= 0.6 is 0 Å². The summed E-state index contributed by atoms with van der Waals surface area (Å²) in [6.07, 6.45) is 3.66. The van der Waals surface area contributed by atoms with Crippen molar-refractivity contribution in [1.29, 1.82) is 0 Å². The average molecular weight is 337 g/mol. The van der Waals surface area contributed by atoms with E-state index in [1.807, 2.05) is 36.9 Å². The maximum absolute atomic E-state index is 13.2. The summed E-state index contributed by atoms with van der Waals surface area (Å²) < 4.78 is 5.57. The Balaban J connectivity index is 1.68. The Morgan fingerprint density at radius 2 is 1.92 bits per heavy atom. The van der Waals surface area contributed by atoms with Gasteiger partial charge >= 0.3 is 0 Å². The van der Waals surface area contributed by atoms with Gasteiger partial charge in [-0.25, -0.2) is 9.97 Å². The number of aromatic nitrogens is 2. The summed E-state index contributed by atoms with van der Waals surface area (Å²) >= 11 is 0. The molecule has 1 spiro atoms. The summed E-state index contributed by atoms with van der Waals surface area (Å²) in [6, 6.07) is 10.5. The van der Waals surface area contributed by atoms with Crippen LogP contribution in [0.4, 0.5) is 0 Å². The zero-order chi connectivity index (χ0) is 17.4. The fraction of sp³-hybridized carbons (Fsp3) is 0.450. The molecule has 2 aliphatic rings. The fourth-order valence-corrected chi connectivity index (χ4v) is 4.25. The molecule has 1 aromatic heterocycles. The van der Waals surface area contributed by atoms with Crippen LogP contribution in [0, 0.1) is 19.3 Å². The first kappa shape index (κ1) is 16.2. The minimum absolute atomic E-state index is 0.0310. The van der Waals surface area contributed by atoms with Crippen molar-refractivity contribution in [2.24, 2.45) is 5.41 Å². The van der Waals surface area contributed by atoms with Gasteiger partial charge in [-0.15, -0.1) is 0 Å². The molecule has 25 heavy (non-hydrogen) atoms. The Bertz CT molecular complexity index is 785. The number of carbonyl (C=O) groups is 1. The lowest BCUT2D eigenvalue weighted by Crippen LogP contribution is -2.62. The van der Waals surface area contributed by atoms with E-state index in [0.29, 0.717) is 11.4 Å². The van der Waals surface area contributed by atoms with Crippen LogP contribution in [0.25, 0.3) is 0 Å². The van der Waals surface area contributed by atoms with Crippen LogP contribution in [0.1, 0.15) is 46.3 Å². The molecule has 5 heteroatoms. The number of rotatable bonds is 2. The summed E-state index contributed by atoms with van der Waals surface area (Å²) in [6.45, 7) is 6.05. The molecule has 130 valence electrons. The largest absolute Gasteiger partial charge is 0.381 e. The monoisotopic (exact) mass is 337 g/mol. The number of hydrogen-bond acceptors (Lipinski definition) is 4. The van der Waals surface area contributed by atoms with Gasteiger partial charge in [0.15, 0.2) is 0 Å². The van der Waals surface area contributed by atoms with Crippen molar-refractivity contribution in [3.8, 4) is 0 Å². The number of aryl methyl sites for hydroxylation is 2. The quantitative estimate of drug-likeness (QED) is 0.845. The third kappa shape index (κ3) is 2.72. The molecule has 3 heterocycles. The number of carbonyl (C=O) groups excluding carboxylic acids is 1. The lowest BCUT2D eigenvalue weighted by molar-refractivity contribution is -0.115. The Morgan fingerprint density at radius 3 is 2.60 bits per heavy atom. The maximum Gasteiger partial charge on any atom is 0.257 e. The highest BCUT2D eigenvalue weighted by Crippen LogP contribution is 2.55. The summed E-state index contributed by atoms with van der Waals surface area (Å²) in [5.41, 5.74) is 2.69. The van der Waals surface area contributed by atoms with Crippen molar-refractivity contribution < 1.29 is 9.53 Å². The van der Waals surface area contributed by atoms with E-state index in [4.69, 9.17) is 4.74 Å². The molecule has 0 bridgehead atoms. The molecule has 1 amide bonds. The number of likely N-dealkylation sites (tertiary alicyclic amines) is 1. The van der Waals surface area contributed by atoms with E-state index in [2.05, 4.69) is 22.1 Å². The van der Waals surface area contributed by atoms with Gasteiger partial charge in [0.05, 0.1) is 17.3 Å². The SMILES string of the molecule is Cc1ncc(C(=O)N2CC3(CCOCC3)[C@H]2c2ccccc2)c(C)n1. The minimum Gasteiger partial charge on any atom is -0.381 e. The van der Waals surface area contributed by atoms with Gasteiger partial charge in [0, 0.05) is 31.4 Å². The molecular formula is C20H23N3O2. The molecule has 0 unspecified atom stereocenters. The molecule has 0 radical (unpaired) electrons. The molecule has 2 aliphatic heterocycles. The summed E-state index contributed by atoms with van der Waals surface area (Å²) in [4.78, 5) is 23.8. The second kappa shape index (κ2) is 6.23. The van der Waals surface area contributed by atoms with Gasteiger partial charge in [0.1, 0.15) is 5.82 Å². The molecular weight excluding hydrogens is 314 g/mol. The lowest BCUT2D eigenvalue weighted by atomic mass is 9.64. The molecule has 1 atom stereocenters. The highest BCUT2D eigenvalue weighted by atomic mass is 16.5. The zero-order valence-corrected chi connectivity index (χ0v) is 14.7. The first-order chi connectivity index (χ1) is 12.1. The molecule has 4 rings (SSSR count). The number of nitrogens with zero attached hydrogens (tertiary/aromatic N) is 3. The van der Waals surface area contributed by atoms with Crippen molar-refractivity contribution in [3.63, 3.8) is 0 Å². The predicted molar refractivity (Wildman–Crippen MR) is 94.2 cm³/mol. The van der Waals surface area contributed by atoms with Crippen LogP contribution < -0.4 is 0 Å². The van der Waals surface area contributed by atoms with Crippen molar-refractivity contribution in [2.45, 2.75) is 32.7 Å². The van der Waals surface area contributed by atoms with Crippen LogP contribution in [0.15, 0.2) is 36.5 Å². The molecule has 0 N–H and O–H groups in total. The number of hydrogen-bond donors (Lipinski definition) is 0. The third-order valence-corrected chi connectivity index (χ3v) is 5.57. The van der Waals surface area contributed by atoms with E-state index in [9.17, 15) is 4.79 Å². The van der Waals surface area contributed by atoms with Crippen molar-refractivity contribution in [1.82, 2.24) is 14.9 Å². The van der Waals surface area contributed by atoms with Crippen molar-refractivity contribution in [3.05, 3.63) is 59.2 Å². The van der Waals surface area contributed by atoms with Crippen molar-refractivity contribution in [2.75, 3.05) is 19.8 Å². The van der Waals surface area contributed by atoms with Gasteiger partial charge < -0.3 is 9.64 Å². The molecule has 0 saturated carbocycles. The third-order valence-electron chi connectivity index (χ3n) is 5.57. The topological polar surface area (TPSA) is 55.3 Å². The van der Waals surface area contributed by atoms with Gasteiger partial charge in [-0.2, -0.15) is 0 Å². The van der Waals surface area contributed by atoms with Gasteiger partial charge in [-0.1, -0.05) is 30.3 Å². The van der Waals surface area contributed by atoms with E-state index in [0.717, 1.165) is 38.3 Å². The minimum atomic E-state index is 0.0310. The summed E-state index contributed by atoms with van der Waals surface area (Å²) in [5.74, 6) is 0.724. The van der Waals surface area contributed by atoms with Gasteiger partial charge in [0.2, 0.25) is 0 Å². The Hall–Kier alpha value is -2.27. The molecule has 0 aliphatic carbocycles. The summed E-state index contributed by atoms with van der Waals surface area (Å²) in [7, 11) is 0. The number of ether oxygens (including phenoxy) is 1. The second-order valence-corrected chi connectivity index (χ2v) is 7.14. The van der Waals surface area contributed by atoms with E-state index >= 15 is 0 Å². The fourth-order valence-electron chi connectivity index (χ4n) is 4.25. The van der Waals surface area contributed by atoms with Crippen LogP contribution in [-0.4, -0.2) is 40.5 Å². The highest BCUT2D eigenvalue weighted by Gasteiger charge is 2.55. The highest BCUT2D eigenvalue weighted by molar-refractivity contribution is 5.96. The van der Waals surface area contributed by atoms with Crippen LogP contribution in [0.3, 0.4) is 0 Å². The first-order valence-electron chi connectivity index (χ1n) is 8.85. The Labute approximate surface area is 148 Å². The van der Waals surface area contributed by atoms with E-state index in [1.54, 1.807) is 6.20 Å². The number of amides is 1. The second-order valence-electron chi connectivity index (χ2n) is 7.14. The van der Waals surface area contributed by atoms with Gasteiger partial charge in [-0.05, 0) is 32.3 Å². The zero-order valence-electron chi connectivity index (χ0n) is 14.7. The molecule has 2 fully saturated rings.